The lowest BCUT2D eigenvalue weighted by atomic mass is 9.82. The van der Waals surface area contributed by atoms with Crippen molar-refractivity contribution in [1.82, 2.24) is 15.2 Å². The predicted octanol–water partition coefficient (Wildman–Crippen LogP) is 0.851. The number of ether oxygens (including phenoxy) is 1. The van der Waals surface area contributed by atoms with Gasteiger partial charge in [0.2, 0.25) is 0 Å². The van der Waals surface area contributed by atoms with E-state index in [9.17, 15) is 14.9 Å². The molecule has 0 spiro atoms. The van der Waals surface area contributed by atoms with Crippen LogP contribution in [0.1, 0.15) is 22.7 Å². The van der Waals surface area contributed by atoms with E-state index in [1.54, 1.807) is 25.3 Å². The Morgan fingerprint density at radius 3 is 2.71 bits per heavy atom. The van der Waals surface area contributed by atoms with Crippen molar-refractivity contribution in [2.45, 2.75) is 12.8 Å². The number of aryl methyl sites for hydroxylation is 1. The summed E-state index contributed by atoms with van der Waals surface area (Å²) < 4.78 is 4.68. The Balaban J connectivity index is 2.64. The van der Waals surface area contributed by atoms with Crippen LogP contribution < -0.4 is 5.56 Å². The van der Waals surface area contributed by atoms with Gasteiger partial charge in [-0.2, -0.15) is 5.26 Å². The largest absolute Gasteiger partial charge is 0.468 e. The number of esters is 1. The Bertz CT molecular complexity index is 727. The molecular formula is C14H14N4O3. The molecule has 2 rings (SSSR count). The van der Waals surface area contributed by atoms with Crippen molar-refractivity contribution in [2.75, 3.05) is 7.11 Å². The number of pyridine rings is 1. The number of nitrogens with one attached hydrogen (secondary N) is 2. The van der Waals surface area contributed by atoms with E-state index in [0.29, 0.717) is 16.8 Å². The molecule has 0 bridgehead atoms. The Morgan fingerprint density at radius 1 is 1.48 bits per heavy atom. The maximum Gasteiger partial charge on any atom is 0.324 e. The molecule has 2 atom stereocenters. The van der Waals surface area contributed by atoms with Crippen LogP contribution in [0.25, 0.3) is 0 Å². The van der Waals surface area contributed by atoms with Crippen LogP contribution in [0.2, 0.25) is 0 Å². The molecule has 0 aliphatic carbocycles. The molecule has 0 aromatic carbocycles. The van der Waals surface area contributed by atoms with Crippen LogP contribution in [-0.4, -0.2) is 28.3 Å². The monoisotopic (exact) mass is 286 g/mol. The Morgan fingerprint density at radius 2 is 2.24 bits per heavy atom. The average molecular weight is 286 g/mol. The predicted molar refractivity (Wildman–Crippen MR) is 73.3 cm³/mol. The van der Waals surface area contributed by atoms with E-state index in [2.05, 4.69) is 19.9 Å². The third-order valence-electron chi connectivity index (χ3n) is 3.29. The lowest BCUT2D eigenvalue weighted by Crippen LogP contribution is -2.27. The van der Waals surface area contributed by atoms with Gasteiger partial charge in [-0.3, -0.25) is 19.7 Å². The van der Waals surface area contributed by atoms with E-state index in [4.69, 9.17) is 0 Å². The number of hydrogen-bond donors (Lipinski definition) is 2. The zero-order valence-corrected chi connectivity index (χ0v) is 11.6. The van der Waals surface area contributed by atoms with Gasteiger partial charge in [0, 0.05) is 29.6 Å². The minimum atomic E-state index is -1.13. The molecule has 2 N–H and O–H groups in total. The smallest absolute Gasteiger partial charge is 0.324 e. The zero-order valence-electron chi connectivity index (χ0n) is 11.6. The summed E-state index contributed by atoms with van der Waals surface area (Å²) in [5.41, 5.74) is 1.13. The summed E-state index contributed by atoms with van der Waals surface area (Å²) in [5, 5.41) is 14.5. The van der Waals surface area contributed by atoms with Gasteiger partial charge >= 0.3 is 5.97 Å². The number of methoxy groups -OCH3 is 1. The van der Waals surface area contributed by atoms with E-state index in [1.165, 1.54) is 13.3 Å². The van der Waals surface area contributed by atoms with Gasteiger partial charge in [0.25, 0.3) is 5.56 Å². The highest BCUT2D eigenvalue weighted by molar-refractivity contribution is 5.77. The van der Waals surface area contributed by atoms with Gasteiger partial charge in [0.15, 0.2) is 5.92 Å². The van der Waals surface area contributed by atoms with Gasteiger partial charge in [0.05, 0.1) is 13.2 Å². The van der Waals surface area contributed by atoms with E-state index in [-0.39, 0.29) is 5.56 Å². The van der Waals surface area contributed by atoms with Crippen LogP contribution in [0.15, 0.2) is 29.3 Å². The number of H-pyrrole nitrogens is 2. The molecule has 0 aliphatic rings. The first kappa shape index (κ1) is 14.5. The lowest BCUT2D eigenvalue weighted by Gasteiger charge is -2.19. The topological polar surface area (TPSA) is 112 Å². The minimum Gasteiger partial charge on any atom is -0.468 e. The summed E-state index contributed by atoms with van der Waals surface area (Å²) in [4.78, 5) is 27.9. The second-order valence-electron chi connectivity index (χ2n) is 4.51. The van der Waals surface area contributed by atoms with Crippen LogP contribution in [-0.2, 0) is 9.53 Å². The molecule has 7 nitrogen and oxygen atoms in total. The molecule has 0 unspecified atom stereocenters. The van der Waals surface area contributed by atoms with Crippen LogP contribution >= 0.6 is 0 Å². The molecule has 0 radical (unpaired) electrons. The van der Waals surface area contributed by atoms with E-state index >= 15 is 0 Å². The second kappa shape index (κ2) is 6.05. The third-order valence-corrected chi connectivity index (χ3v) is 3.29. The fourth-order valence-electron chi connectivity index (χ4n) is 2.31. The molecule has 21 heavy (non-hydrogen) atoms. The number of carbonyl (C=O) groups excluding carboxylic acids is 1. The fourth-order valence-corrected chi connectivity index (χ4v) is 2.31. The zero-order chi connectivity index (χ0) is 15.4. The summed E-state index contributed by atoms with van der Waals surface area (Å²) in [6, 6.07) is 5.33. The Kier molecular flexibility index (Phi) is 4.18. The molecule has 0 aliphatic heterocycles. The van der Waals surface area contributed by atoms with Gasteiger partial charge in [-0.1, -0.05) is 6.07 Å². The molecule has 2 heterocycles. The van der Waals surface area contributed by atoms with Crippen LogP contribution in [0.4, 0.5) is 0 Å². The number of hydrogen-bond acceptors (Lipinski definition) is 5. The average Bonchev–Trinajstić information content (AvgIpc) is 2.84. The molecule has 0 amide bonds. The third kappa shape index (κ3) is 2.69. The summed E-state index contributed by atoms with van der Waals surface area (Å²) in [7, 11) is 1.21. The van der Waals surface area contributed by atoms with Gasteiger partial charge in [-0.05, 0) is 18.6 Å². The van der Waals surface area contributed by atoms with Crippen molar-refractivity contribution in [3.63, 3.8) is 0 Å². The number of aromatic amines is 2. The van der Waals surface area contributed by atoms with Gasteiger partial charge < -0.3 is 9.84 Å². The SMILES string of the molecule is COC(=O)[C@H](C#N)[C@H](c1cccnc1)c1c(C)[nH][nH]c1=O. The first-order chi connectivity index (χ1) is 10.1. The number of aromatic nitrogens is 3. The van der Waals surface area contributed by atoms with Crippen molar-refractivity contribution in [3.05, 3.63) is 51.7 Å². The quantitative estimate of drug-likeness (QED) is 0.809. The van der Waals surface area contributed by atoms with Crippen molar-refractivity contribution >= 4 is 5.97 Å². The first-order valence-corrected chi connectivity index (χ1v) is 6.24. The van der Waals surface area contributed by atoms with Crippen LogP contribution in [0.3, 0.4) is 0 Å². The molecule has 0 saturated heterocycles. The van der Waals surface area contributed by atoms with Crippen molar-refractivity contribution in [3.8, 4) is 6.07 Å². The molecule has 0 fully saturated rings. The minimum absolute atomic E-state index is 0.333. The lowest BCUT2D eigenvalue weighted by molar-refractivity contribution is -0.143. The van der Waals surface area contributed by atoms with Gasteiger partial charge in [-0.15, -0.1) is 0 Å². The van der Waals surface area contributed by atoms with Crippen molar-refractivity contribution in [1.29, 1.82) is 5.26 Å². The van der Waals surface area contributed by atoms with Gasteiger partial charge in [0.1, 0.15) is 0 Å². The maximum absolute atomic E-state index is 12.0. The summed E-state index contributed by atoms with van der Waals surface area (Å²) in [6.45, 7) is 1.70. The highest BCUT2D eigenvalue weighted by Crippen LogP contribution is 2.31. The summed E-state index contributed by atoms with van der Waals surface area (Å²) >= 11 is 0. The van der Waals surface area contributed by atoms with Crippen LogP contribution in [0, 0.1) is 24.2 Å². The van der Waals surface area contributed by atoms with E-state index in [1.807, 2.05) is 6.07 Å². The van der Waals surface area contributed by atoms with Crippen molar-refractivity contribution in [2.24, 2.45) is 5.92 Å². The summed E-state index contributed by atoms with van der Waals surface area (Å²) in [6.07, 6.45) is 3.11. The van der Waals surface area contributed by atoms with E-state index < -0.39 is 17.8 Å². The van der Waals surface area contributed by atoms with Gasteiger partial charge in [-0.25, -0.2) is 0 Å². The number of carbonyl (C=O) groups is 1. The number of rotatable bonds is 4. The van der Waals surface area contributed by atoms with Crippen molar-refractivity contribution < 1.29 is 9.53 Å². The Labute approximate surface area is 120 Å². The Hall–Kier alpha value is -2.88. The highest BCUT2D eigenvalue weighted by atomic mass is 16.5. The normalized spacial score (nSPS) is 13.2. The number of nitriles is 1. The molecule has 2 aromatic heterocycles. The highest BCUT2D eigenvalue weighted by Gasteiger charge is 2.35. The number of nitrogens with zero attached hydrogens (tertiary/aromatic N) is 2. The second-order valence-corrected chi connectivity index (χ2v) is 4.51. The molecular weight excluding hydrogens is 272 g/mol. The molecule has 7 heteroatoms. The van der Waals surface area contributed by atoms with Crippen LogP contribution in [0.5, 0.6) is 0 Å². The molecule has 0 saturated carbocycles. The fraction of sp³-hybridized carbons (Fsp3) is 0.286. The summed E-state index contributed by atoms with van der Waals surface area (Å²) in [5.74, 6) is -2.56. The maximum atomic E-state index is 12.0. The van der Waals surface area contributed by atoms with E-state index in [0.717, 1.165) is 0 Å². The first-order valence-electron chi connectivity index (χ1n) is 6.24. The standard InChI is InChI=1S/C14H14N4O3/c1-8-11(13(19)18-17-8)12(9-4-3-5-16-7-9)10(6-15)14(20)21-2/h3-5,7,10,12H,1-2H3,(H2,17,18,19)/t10-,12+/m1/s1. The molecule has 2 aromatic rings. The molecule has 108 valence electrons.